The van der Waals surface area contributed by atoms with Gasteiger partial charge in [-0.1, -0.05) is 18.2 Å². The lowest BCUT2D eigenvalue weighted by atomic mass is 9.99. The zero-order chi connectivity index (χ0) is 13.2. The number of hydrogen-bond donors (Lipinski definition) is 1. The summed E-state index contributed by atoms with van der Waals surface area (Å²) in [5.74, 6) is 0.444. The third-order valence-electron chi connectivity index (χ3n) is 2.60. The van der Waals surface area contributed by atoms with Crippen molar-refractivity contribution >= 4 is 0 Å². The van der Waals surface area contributed by atoms with E-state index in [1.165, 1.54) is 24.5 Å². The summed E-state index contributed by atoms with van der Waals surface area (Å²) in [5.41, 5.74) is -0.953. The van der Waals surface area contributed by atoms with Crippen LogP contribution in [0.1, 0.15) is 23.0 Å². The molecule has 5 heteroatoms. The lowest BCUT2D eigenvalue weighted by Crippen LogP contribution is -2.13. The van der Waals surface area contributed by atoms with Gasteiger partial charge in [0.05, 0.1) is 17.9 Å². The van der Waals surface area contributed by atoms with Crippen molar-refractivity contribution in [1.82, 2.24) is 0 Å². The van der Waals surface area contributed by atoms with E-state index in [1.807, 2.05) is 0 Å². The Morgan fingerprint density at radius 3 is 2.44 bits per heavy atom. The van der Waals surface area contributed by atoms with Gasteiger partial charge in [0.2, 0.25) is 0 Å². The van der Waals surface area contributed by atoms with Crippen molar-refractivity contribution < 1.29 is 22.7 Å². The molecular weight excluding hydrogens is 245 g/mol. The Labute approximate surface area is 102 Å². The number of benzene rings is 1. The van der Waals surface area contributed by atoms with Crippen molar-refractivity contribution in [3.05, 3.63) is 59.5 Å². The highest BCUT2D eigenvalue weighted by atomic mass is 19.4. The molecule has 0 spiro atoms. The van der Waals surface area contributed by atoms with Gasteiger partial charge in [-0.05, 0) is 23.8 Å². The standard InChI is InChI=1S/C13H11F3O2/c14-13(15,16)11-6-2-1-5-10(11)12(17)8-9-4-3-7-18-9/h1-7,12,17H,8H2. The molecule has 0 bridgehead atoms. The Bertz CT molecular complexity index is 503. The van der Waals surface area contributed by atoms with Crippen LogP contribution in [0.15, 0.2) is 47.1 Å². The second-order valence-corrected chi connectivity index (χ2v) is 3.88. The van der Waals surface area contributed by atoms with E-state index in [1.54, 1.807) is 12.1 Å². The van der Waals surface area contributed by atoms with Crippen LogP contribution in [0.5, 0.6) is 0 Å². The van der Waals surface area contributed by atoms with E-state index < -0.39 is 17.8 Å². The Morgan fingerprint density at radius 1 is 1.11 bits per heavy atom. The molecule has 1 atom stereocenters. The number of rotatable bonds is 3. The summed E-state index contributed by atoms with van der Waals surface area (Å²) >= 11 is 0. The van der Waals surface area contributed by atoms with E-state index in [4.69, 9.17) is 4.42 Å². The van der Waals surface area contributed by atoms with Gasteiger partial charge in [0.25, 0.3) is 0 Å². The summed E-state index contributed by atoms with van der Waals surface area (Å²) in [6.45, 7) is 0. The second kappa shape index (κ2) is 4.86. The molecule has 0 amide bonds. The molecule has 2 nitrogen and oxygen atoms in total. The first-order valence-corrected chi connectivity index (χ1v) is 5.35. The third kappa shape index (κ3) is 2.73. The molecule has 1 heterocycles. The first kappa shape index (κ1) is 12.7. The van der Waals surface area contributed by atoms with Crippen LogP contribution in [0.25, 0.3) is 0 Å². The lowest BCUT2D eigenvalue weighted by Gasteiger charge is -2.16. The van der Waals surface area contributed by atoms with Crippen LogP contribution < -0.4 is 0 Å². The average Bonchev–Trinajstić information content (AvgIpc) is 2.80. The summed E-state index contributed by atoms with van der Waals surface area (Å²) in [7, 11) is 0. The molecule has 1 aromatic heterocycles. The van der Waals surface area contributed by atoms with Gasteiger partial charge in [-0.2, -0.15) is 13.2 Å². The molecule has 0 saturated carbocycles. The van der Waals surface area contributed by atoms with Crippen molar-refractivity contribution in [2.24, 2.45) is 0 Å². The van der Waals surface area contributed by atoms with Gasteiger partial charge < -0.3 is 9.52 Å². The molecule has 96 valence electrons. The fourth-order valence-corrected chi connectivity index (χ4v) is 1.77. The van der Waals surface area contributed by atoms with Crippen LogP contribution in [-0.2, 0) is 12.6 Å². The number of aliphatic hydroxyl groups is 1. The van der Waals surface area contributed by atoms with Crippen LogP contribution in [0, 0.1) is 0 Å². The highest BCUT2D eigenvalue weighted by molar-refractivity contribution is 5.32. The van der Waals surface area contributed by atoms with Gasteiger partial charge in [0.1, 0.15) is 5.76 Å². The summed E-state index contributed by atoms with van der Waals surface area (Å²) in [4.78, 5) is 0. The number of halogens is 3. The zero-order valence-corrected chi connectivity index (χ0v) is 9.32. The predicted molar refractivity (Wildman–Crippen MR) is 58.8 cm³/mol. The number of furan rings is 1. The maximum atomic E-state index is 12.8. The summed E-state index contributed by atoms with van der Waals surface area (Å²) < 4.78 is 43.3. The maximum Gasteiger partial charge on any atom is 0.416 e. The molecule has 2 aromatic rings. The van der Waals surface area contributed by atoms with E-state index >= 15 is 0 Å². The Kier molecular flexibility index (Phi) is 3.43. The van der Waals surface area contributed by atoms with Gasteiger partial charge in [-0.25, -0.2) is 0 Å². The minimum absolute atomic E-state index is 0.0140. The van der Waals surface area contributed by atoms with E-state index in [9.17, 15) is 18.3 Å². The molecular formula is C13H11F3O2. The first-order valence-electron chi connectivity index (χ1n) is 5.35. The fourth-order valence-electron chi connectivity index (χ4n) is 1.77. The smallest absolute Gasteiger partial charge is 0.416 e. The Morgan fingerprint density at radius 2 is 1.83 bits per heavy atom. The molecule has 1 aromatic carbocycles. The predicted octanol–water partition coefficient (Wildman–Crippen LogP) is 3.57. The minimum Gasteiger partial charge on any atom is -0.469 e. The maximum absolute atomic E-state index is 12.8. The van der Waals surface area contributed by atoms with Crippen molar-refractivity contribution in [2.45, 2.75) is 18.7 Å². The molecule has 1 unspecified atom stereocenters. The van der Waals surface area contributed by atoms with Crippen LogP contribution in [-0.4, -0.2) is 5.11 Å². The molecule has 0 aliphatic carbocycles. The molecule has 0 saturated heterocycles. The fraction of sp³-hybridized carbons (Fsp3) is 0.231. The Balaban J connectivity index is 2.27. The van der Waals surface area contributed by atoms with E-state index in [-0.39, 0.29) is 12.0 Å². The quantitative estimate of drug-likeness (QED) is 0.910. The molecule has 1 N–H and O–H groups in total. The van der Waals surface area contributed by atoms with Gasteiger partial charge in [-0.15, -0.1) is 0 Å². The number of alkyl halides is 3. The summed E-state index contributed by atoms with van der Waals surface area (Å²) in [5, 5.41) is 9.88. The Hall–Kier alpha value is -1.75. The monoisotopic (exact) mass is 256 g/mol. The first-order chi connectivity index (χ1) is 8.48. The molecule has 0 fully saturated rings. The zero-order valence-electron chi connectivity index (χ0n) is 9.32. The molecule has 0 aliphatic heterocycles. The average molecular weight is 256 g/mol. The van der Waals surface area contributed by atoms with E-state index in [2.05, 4.69) is 0 Å². The van der Waals surface area contributed by atoms with E-state index in [0.29, 0.717) is 5.76 Å². The van der Waals surface area contributed by atoms with E-state index in [0.717, 1.165) is 6.07 Å². The van der Waals surface area contributed by atoms with Crippen molar-refractivity contribution in [3.63, 3.8) is 0 Å². The molecule has 2 rings (SSSR count). The van der Waals surface area contributed by atoms with Gasteiger partial charge in [0.15, 0.2) is 0 Å². The van der Waals surface area contributed by atoms with Gasteiger partial charge in [0, 0.05) is 6.42 Å². The van der Waals surface area contributed by atoms with Crippen LogP contribution in [0.3, 0.4) is 0 Å². The lowest BCUT2D eigenvalue weighted by molar-refractivity contribution is -0.139. The van der Waals surface area contributed by atoms with Crippen LogP contribution in [0.4, 0.5) is 13.2 Å². The second-order valence-electron chi connectivity index (χ2n) is 3.88. The van der Waals surface area contributed by atoms with Gasteiger partial charge in [-0.3, -0.25) is 0 Å². The minimum atomic E-state index is -4.47. The highest BCUT2D eigenvalue weighted by Gasteiger charge is 2.34. The van der Waals surface area contributed by atoms with Crippen LogP contribution in [0.2, 0.25) is 0 Å². The number of hydrogen-bond acceptors (Lipinski definition) is 2. The van der Waals surface area contributed by atoms with Crippen LogP contribution >= 0.6 is 0 Å². The summed E-state index contributed by atoms with van der Waals surface area (Å²) in [6.07, 6.45) is -4.28. The van der Waals surface area contributed by atoms with Gasteiger partial charge >= 0.3 is 6.18 Å². The molecule has 0 radical (unpaired) electrons. The molecule has 0 aliphatic rings. The summed E-state index contributed by atoms with van der Waals surface area (Å²) in [6, 6.07) is 8.23. The van der Waals surface area contributed by atoms with Crippen molar-refractivity contribution in [2.75, 3.05) is 0 Å². The SMILES string of the molecule is OC(Cc1ccco1)c1ccccc1C(F)(F)F. The highest BCUT2D eigenvalue weighted by Crippen LogP contribution is 2.35. The normalized spacial score (nSPS) is 13.6. The largest absolute Gasteiger partial charge is 0.469 e. The number of aliphatic hydroxyl groups excluding tert-OH is 1. The third-order valence-corrected chi connectivity index (χ3v) is 2.60. The van der Waals surface area contributed by atoms with Crippen molar-refractivity contribution in [3.8, 4) is 0 Å². The topological polar surface area (TPSA) is 33.4 Å². The van der Waals surface area contributed by atoms with Crippen molar-refractivity contribution in [1.29, 1.82) is 0 Å². The molecule has 18 heavy (non-hydrogen) atoms.